The van der Waals surface area contributed by atoms with Crippen molar-refractivity contribution in [2.45, 2.75) is 12.3 Å². The van der Waals surface area contributed by atoms with E-state index in [9.17, 15) is 4.79 Å². The van der Waals surface area contributed by atoms with Crippen LogP contribution in [0.5, 0.6) is 0 Å². The minimum Gasteiger partial charge on any atom is -0.272 e. The first-order valence-corrected chi connectivity index (χ1v) is 4.62. The summed E-state index contributed by atoms with van der Waals surface area (Å²) in [4.78, 5) is 11.3. The molecule has 0 bridgehead atoms. The SMILES string of the molecule is O=C1[N]CCC1c1ccc(Cl)cc1. The van der Waals surface area contributed by atoms with E-state index in [4.69, 9.17) is 11.6 Å². The summed E-state index contributed by atoms with van der Waals surface area (Å²) in [6.45, 7) is 0.659. The summed E-state index contributed by atoms with van der Waals surface area (Å²) in [5.74, 6) is -0.0282. The van der Waals surface area contributed by atoms with Crippen LogP contribution in [0, 0.1) is 0 Å². The molecule has 2 nitrogen and oxygen atoms in total. The van der Waals surface area contributed by atoms with Gasteiger partial charge in [0.2, 0.25) is 5.91 Å². The van der Waals surface area contributed by atoms with Crippen LogP contribution in [-0.4, -0.2) is 12.5 Å². The lowest BCUT2D eigenvalue weighted by molar-refractivity contribution is -0.120. The molecule has 2 rings (SSSR count). The zero-order valence-corrected chi connectivity index (χ0v) is 7.79. The second-order valence-electron chi connectivity index (χ2n) is 3.11. The van der Waals surface area contributed by atoms with Gasteiger partial charge in [0.1, 0.15) is 0 Å². The van der Waals surface area contributed by atoms with Gasteiger partial charge < -0.3 is 0 Å². The van der Waals surface area contributed by atoms with E-state index in [2.05, 4.69) is 5.32 Å². The maximum absolute atomic E-state index is 11.3. The van der Waals surface area contributed by atoms with Crippen molar-refractivity contribution in [3.05, 3.63) is 34.9 Å². The van der Waals surface area contributed by atoms with Crippen molar-refractivity contribution in [3.63, 3.8) is 0 Å². The number of hydrogen-bond acceptors (Lipinski definition) is 1. The van der Waals surface area contributed by atoms with Crippen molar-refractivity contribution in [2.24, 2.45) is 0 Å². The minimum atomic E-state index is -0.0303. The largest absolute Gasteiger partial charge is 0.272 e. The normalized spacial score (nSPS) is 21.6. The van der Waals surface area contributed by atoms with E-state index in [-0.39, 0.29) is 11.8 Å². The van der Waals surface area contributed by atoms with E-state index >= 15 is 0 Å². The maximum atomic E-state index is 11.3. The number of nitrogens with zero attached hydrogens (tertiary/aromatic N) is 1. The monoisotopic (exact) mass is 194 g/mol. The summed E-state index contributed by atoms with van der Waals surface area (Å²) in [7, 11) is 0. The minimum absolute atomic E-state index is 0.00215. The van der Waals surface area contributed by atoms with Crippen LogP contribution in [0.1, 0.15) is 17.9 Å². The molecule has 1 atom stereocenters. The van der Waals surface area contributed by atoms with Gasteiger partial charge in [-0.05, 0) is 24.1 Å². The molecule has 1 saturated heterocycles. The van der Waals surface area contributed by atoms with Gasteiger partial charge in [-0.1, -0.05) is 23.7 Å². The van der Waals surface area contributed by atoms with Crippen LogP contribution < -0.4 is 5.32 Å². The molecule has 0 saturated carbocycles. The van der Waals surface area contributed by atoms with E-state index in [1.807, 2.05) is 24.3 Å². The van der Waals surface area contributed by atoms with Gasteiger partial charge in [-0.3, -0.25) is 10.1 Å². The first-order valence-electron chi connectivity index (χ1n) is 4.24. The number of carbonyl (C=O) groups is 1. The first-order chi connectivity index (χ1) is 6.27. The smallest absolute Gasteiger partial charge is 0.248 e. The molecule has 1 heterocycles. The fraction of sp³-hybridized carbons (Fsp3) is 0.300. The van der Waals surface area contributed by atoms with E-state index in [1.165, 1.54) is 0 Å². The van der Waals surface area contributed by atoms with Crippen LogP contribution in [0.15, 0.2) is 24.3 Å². The standard InChI is InChI=1S/C10H9ClNO/c11-8-3-1-7(2-4-8)9-5-6-12-10(9)13/h1-4,9H,5-6H2. The van der Waals surface area contributed by atoms with Crippen molar-refractivity contribution >= 4 is 17.5 Å². The van der Waals surface area contributed by atoms with Gasteiger partial charge in [-0.15, -0.1) is 0 Å². The molecule has 1 aromatic rings. The number of hydrogen-bond donors (Lipinski definition) is 0. The third-order valence-corrected chi connectivity index (χ3v) is 2.51. The summed E-state index contributed by atoms with van der Waals surface area (Å²) in [6, 6.07) is 7.41. The van der Waals surface area contributed by atoms with Gasteiger partial charge >= 0.3 is 0 Å². The van der Waals surface area contributed by atoms with Crippen molar-refractivity contribution in [2.75, 3.05) is 6.54 Å². The first kappa shape index (κ1) is 8.57. The molecule has 1 amide bonds. The molecule has 1 aromatic carbocycles. The van der Waals surface area contributed by atoms with E-state index in [1.54, 1.807) is 0 Å². The Labute approximate surface area is 81.9 Å². The molecular weight excluding hydrogens is 186 g/mol. The molecule has 67 valence electrons. The molecule has 13 heavy (non-hydrogen) atoms. The fourth-order valence-corrected chi connectivity index (χ4v) is 1.67. The molecule has 3 heteroatoms. The Kier molecular flexibility index (Phi) is 2.23. The second kappa shape index (κ2) is 3.38. The van der Waals surface area contributed by atoms with Crippen LogP contribution in [0.3, 0.4) is 0 Å². The third-order valence-electron chi connectivity index (χ3n) is 2.26. The quantitative estimate of drug-likeness (QED) is 0.673. The Morgan fingerprint density at radius 3 is 2.54 bits per heavy atom. The highest BCUT2D eigenvalue weighted by Gasteiger charge is 2.26. The zero-order valence-electron chi connectivity index (χ0n) is 7.03. The number of amides is 1. The summed E-state index contributed by atoms with van der Waals surface area (Å²) in [5, 5.41) is 4.54. The number of rotatable bonds is 1. The number of halogens is 1. The van der Waals surface area contributed by atoms with Gasteiger partial charge in [0, 0.05) is 11.6 Å². The number of benzene rings is 1. The van der Waals surface area contributed by atoms with Gasteiger partial charge in [0.25, 0.3) is 0 Å². The van der Waals surface area contributed by atoms with Gasteiger partial charge in [0.15, 0.2) is 0 Å². The van der Waals surface area contributed by atoms with Crippen molar-refractivity contribution in [3.8, 4) is 0 Å². The molecule has 1 fully saturated rings. The zero-order chi connectivity index (χ0) is 9.26. The lowest BCUT2D eigenvalue weighted by atomic mass is 9.98. The Morgan fingerprint density at radius 1 is 1.31 bits per heavy atom. The molecule has 1 aliphatic heterocycles. The summed E-state index contributed by atoms with van der Waals surface area (Å²) < 4.78 is 0. The van der Waals surface area contributed by atoms with E-state index in [0.29, 0.717) is 11.6 Å². The van der Waals surface area contributed by atoms with E-state index in [0.717, 1.165) is 12.0 Å². The maximum Gasteiger partial charge on any atom is 0.248 e. The van der Waals surface area contributed by atoms with Crippen molar-refractivity contribution in [1.29, 1.82) is 0 Å². The molecule has 1 unspecified atom stereocenters. The molecule has 1 radical (unpaired) electrons. The Morgan fingerprint density at radius 2 is 2.00 bits per heavy atom. The Hall–Kier alpha value is -1.02. The van der Waals surface area contributed by atoms with Gasteiger partial charge in [0.05, 0.1) is 5.92 Å². The summed E-state index contributed by atoms with van der Waals surface area (Å²) in [6.07, 6.45) is 0.834. The van der Waals surface area contributed by atoms with Gasteiger partial charge in [-0.2, -0.15) is 0 Å². The highest BCUT2D eigenvalue weighted by molar-refractivity contribution is 6.30. The fourth-order valence-electron chi connectivity index (χ4n) is 1.54. The molecule has 0 N–H and O–H groups in total. The summed E-state index contributed by atoms with van der Waals surface area (Å²) in [5.41, 5.74) is 1.02. The van der Waals surface area contributed by atoms with Crippen molar-refractivity contribution < 1.29 is 4.79 Å². The molecule has 0 spiro atoms. The predicted octanol–water partition coefficient (Wildman–Crippen LogP) is 1.96. The van der Waals surface area contributed by atoms with Crippen LogP contribution in [0.25, 0.3) is 0 Å². The molecule has 0 aliphatic carbocycles. The Bertz CT molecular complexity index is 320. The predicted molar refractivity (Wildman–Crippen MR) is 50.8 cm³/mol. The van der Waals surface area contributed by atoms with Crippen LogP contribution >= 0.6 is 11.6 Å². The lowest BCUT2D eigenvalue weighted by Gasteiger charge is -2.05. The topological polar surface area (TPSA) is 31.2 Å². The van der Waals surface area contributed by atoms with Crippen LogP contribution in [-0.2, 0) is 4.79 Å². The number of carbonyl (C=O) groups excluding carboxylic acids is 1. The third kappa shape index (κ3) is 1.68. The second-order valence-corrected chi connectivity index (χ2v) is 3.55. The average molecular weight is 195 g/mol. The van der Waals surface area contributed by atoms with Crippen molar-refractivity contribution in [1.82, 2.24) is 5.32 Å². The van der Waals surface area contributed by atoms with E-state index < -0.39 is 0 Å². The van der Waals surface area contributed by atoms with Crippen LogP contribution in [0.2, 0.25) is 5.02 Å². The molecular formula is C10H9ClNO. The van der Waals surface area contributed by atoms with Gasteiger partial charge in [-0.25, -0.2) is 0 Å². The Balaban J connectivity index is 2.25. The summed E-state index contributed by atoms with van der Waals surface area (Å²) >= 11 is 5.75. The van der Waals surface area contributed by atoms with Crippen LogP contribution in [0.4, 0.5) is 0 Å². The molecule has 0 aromatic heterocycles. The lowest BCUT2D eigenvalue weighted by Crippen LogP contribution is -2.11. The highest BCUT2D eigenvalue weighted by atomic mass is 35.5. The average Bonchev–Trinajstić information content (AvgIpc) is 2.53. The molecule has 1 aliphatic rings. The highest BCUT2D eigenvalue weighted by Crippen LogP contribution is 2.25.